The summed E-state index contributed by atoms with van der Waals surface area (Å²) in [6.07, 6.45) is -0.344. The van der Waals surface area contributed by atoms with Gasteiger partial charge in [-0.05, 0) is 78.3 Å². The maximum absolute atomic E-state index is 13.7. The Hall–Kier alpha value is -5.96. The molecule has 6 aromatic carbocycles. The van der Waals surface area contributed by atoms with Gasteiger partial charge in [0.25, 0.3) is 0 Å². The summed E-state index contributed by atoms with van der Waals surface area (Å²) in [6, 6.07) is 47.5. The van der Waals surface area contributed by atoms with Crippen molar-refractivity contribution >= 4 is 34.3 Å². The van der Waals surface area contributed by atoms with E-state index >= 15 is 0 Å². The molecule has 368 valence electrons. The maximum Gasteiger partial charge on any atom is 0.411 e. The lowest BCUT2D eigenvalue weighted by Crippen LogP contribution is -2.30. The van der Waals surface area contributed by atoms with E-state index in [9.17, 15) is 9.59 Å². The highest BCUT2D eigenvalue weighted by Crippen LogP contribution is 2.38. The second kappa shape index (κ2) is 20.0. The molecule has 8 nitrogen and oxygen atoms in total. The Morgan fingerprint density at radius 3 is 0.957 bits per heavy atom. The number of benzene rings is 6. The molecular weight excluding hydrogens is 865 g/mol. The van der Waals surface area contributed by atoms with Crippen molar-refractivity contribution in [2.24, 2.45) is 0 Å². The van der Waals surface area contributed by atoms with Gasteiger partial charge in [-0.2, -0.15) is 0 Å². The van der Waals surface area contributed by atoms with Gasteiger partial charge in [0.05, 0.1) is 11.4 Å². The Balaban J connectivity index is 0.916. The Morgan fingerprint density at radius 2 is 0.700 bits per heavy atom. The first-order valence-electron chi connectivity index (χ1n) is 25.4. The Morgan fingerprint density at radius 1 is 0.429 bits per heavy atom. The Bertz CT molecular complexity index is 2450. The fraction of sp³-hybridized carbons (Fsp3) is 0.419. The second-order valence-electron chi connectivity index (χ2n) is 24.0. The van der Waals surface area contributed by atoms with Crippen molar-refractivity contribution in [2.75, 3.05) is 23.7 Å². The Kier molecular flexibility index (Phi) is 14.4. The number of hydrogen-bond acceptors (Lipinski definition) is 6. The average molecular weight is 941 g/mol. The van der Waals surface area contributed by atoms with Crippen LogP contribution in [0.3, 0.4) is 0 Å². The molecule has 4 N–H and O–H groups in total. The lowest BCUT2D eigenvalue weighted by molar-refractivity contribution is 0.118. The van der Waals surface area contributed by atoms with Gasteiger partial charge in [-0.15, -0.1) is 0 Å². The van der Waals surface area contributed by atoms with Gasteiger partial charge in [-0.1, -0.05) is 204 Å². The van der Waals surface area contributed by atoms with Gasteiger partial charge in [-0.3, -0.25) is 10.6 Å². The highest BCUT2D eigenvalue weighted by atomic mass is 16.6. The van der Waals surface area contributed by atoms with E-state index in [1.807, 2.05) is 36.4 Å². The second-order valence-corrected chi connectivity index (χ2v) is 24.0. The summed E-state index contributed by atoms with van der Waals surface area (Å²) >= 11 is 0. The molecule has 2 fully saturated rings. The van der Waals surface area contributed by atoms with Crippen molar-refractivity contribution in [1.82, 2.24) is 10.6 Å². The summed E-state index contributed by atoms with van der Waals surface area (Å²) in [6.45, 7) is 27.9. The quantitative estimate of drug-likeness (QED) is 0.109. The van der Waals surface area contributed by atoms with Crippen molar-refractivity contribution in [3.05, 3.63) is 178 Å². The zero-order valence-electron chi connectivity index (χ0n) is 43.6. The minimum atomic E-state index is -0.518. The molecule has 2 unspecified atom stereocenters. The number of nitrogens with one attached hydrogen (secondary N) is 4. The average Bonchev–Trinajstić information content (AvgIpc) is 3.95. The summed E-state index contributed by atoms with van der Waals surface area (Å²) in [4.78, 5) is 27.3. The van der Waals surface area contributed by atoms with E-state index in [2.05, 4.69) is 201 Å². The van der Waals surface area contributed by atoms with Crippen LogP contribution in [0.4, 0.5) is 21.0 Å². The normalized spacial score (nSPS) is 18.9. The molecule has 0 aromatic heterocycles. The van der Waals surface area contributed by atoms with Crippen LogP contribution in [0, 0.1) is 0 Å². The zero-order chi connectivity index (χ0) is 50.2. The van der Waals surface area contributed by atoms with E-state index in [4.69, 9.17) is 9.47 Å². The number of rotatable bonds is 10. The number of hydrogen-bond donors (Lipinski definition) is 4. The van der Waals surface area contributed by atoms with Crippen LogP contribution < -0.4 is 21.3 Å². The summed E-state index contributed by atoms with van der Waals surface area (Å²) in [7, 11) is 0. The SMILES string of the molecule is CC(C)(C)c1ccc(C(c2ccc(C(C)(C)C)cc2)C2C[C@@H](OC(=O)Nc3cccc4c(NC(=O)O[C@H]5CNC(C(c6ccc(C(C)(C)C)cc6)c6ccc(C(C)(C)C)cc6)C5)cccc34)CN2)cc1. The molecule has 0 bridgehead atoms. The lowest BCUT2D eigenvalue weighted by atomic mass is 9.80. The molecule has 8 heteroatoms. The van der Waals surface area contributed by atoms with Gasteiger partial charge in [-0.25, -0.2) is 9.59 Å². The topological polar surface area (TPSA) is 101 Å². The van der Waals surface area contributed by atoms with Crippen LogP contribution in [-0.2, 0) is 31.1 Å². The van der Waals surface area contributed by atoms with Crippen molar-refractivity contribution in [1.29, 1.82) is 0 Å². The third-order valence-electron chi connectivity index (χ3n) is 14.5. The van der Waals surface area contributed by atoms with Crippen LogP contribution in [0.25, 0.3) is 10.8 Å². The number of amides is 2. The maximum atomic E-state index is 13.7. The summed E-state index contributed by atoms with van der Waals surface area (Å²) in [5.74, 6) is 0.151. The van der Waals surface area contributed by atoms with E-state index < -0.39 is 12.2 Å². The Labute approximate surface area is 417 Å². The van der Waals surface area contributed by atoms with Crippen LogP contribution in [0.2, 0.25) is 0 Å². The number of fused-ring (bicyclic) bond motifs is 1. The van der Waals surface area contributed by atoms with Crippen molar-refractivity contribution in [3.8, 4) is 0 Å². The fourth-order valence-corrected chi connectivity index (χ4v) is 10.3. The minimum absolute atomic E-state index is 0.0537. The molecule has 8 rings (SSSR count). The third kappa shape index (κ3) is 11.8. The minimum Gasteiger partial charge on any atom is -0.445 e. The number of anilines is 2. The van der Waals surface area contributed by atoms with E-state index in [0.717, 1.165) is 10.8 Å². The van der Waals surface area contributed by atoms with Gasteiger partial charge in [0.1, 0.15) is 12.2 Å². The van der Waals surface area contributed by atoms with Crippen molar-refractivity contribution in [3.63, 3.8) is 0 Å². The smallest absolute Gasteiger partial charge is 0.411 e. The molecule has 0 spiro atoms. The molecule has 6 aromatic rings. The van der Waals surface area contributed by atoms with Crippen molar-refractivity contribution in [2.45, 2.75) is 154 Å². The summed E-state index contributed by atoms with van der Waals surface area (Å²) < 4.78 is 12.2. The predicted molar refractivity (Wildman–Crippen MR) is 289 cm³/mol. The van der Waals surface area contributed by atoms with E-state index in [-0.39, 0.29) is 57.8 Å². The molecule has 2 aliphatic heterocycles. The molecule has 70 heavy (non-hydrogen) atoms. The van der Waals surface area contributed by atoms with Gasteiger partial charge >= 0.3 is 12.2 Å². The standard InChI is InChI=1S/C62H76N4O4/c1-59(2,3)43-27-19-39(20-28-43)55(40-21-29-44(30-22-40)60(4,5)6)53-35-47(37-63-53)69-57(67)65-51-17-13-16-50-49(51)15-14-18-52(50)66-58(68)70-48-36-54(64-38-48)56(41-23-31-45(32-24-41)61(7,8)9)42-25-33-46(34-26-42)62(10,11)12/h13-34,47-48,53-56,63-64H,35-38H2,1-12H3,(H,65,67)(H,66,68)/t47-,48-,53?,54?/m1/s1. The van der Waals surface area contributed by atoms with Gasteiger partial charge in [0.15, 0.2) is 0 Å². The van der Waals surface area contributed by atoms with E-state index in [1.165, 1.54) is 44.5 Å². The highest BCUT2D eigenvalue weighted by molar-refractivity contribution is 6.07. The molecule has 2 aliphatic rings. The highest BCUT2D eigenvalue weighted by Gasteiger charge is 2.37. The van der Waals surface area contributed by atoms with Crippen LogP contribution >= 0.6 is 0 Å². The molecule has 0 aliphatic carbocycles. The van der Waals surface area contributed by atoms with Gasteiger partial charge < -0.3 is 20.1 Å². The first kappa shape index (κ1) is 50.4. The molecular formula is C62H76N4O4. The molecule has 2 heterocycles. The van der Waals surface area contributed by atoms with Gasteiger partial charge in [0.2, 0.25) is 0 Å². The predicted octanol–water partition coefficient (Wildman–Crippen LogP) is 14.3. The molecule has 0 saturated carbocycles. The monoisotopic (exact) mass is 941 g/mol. The van der Waals surface area contributed by atoms with Crippen LogP contribution in [0.1, 0.15) is 152 Å². The molecule has 4 atom stereocenters. The fourth-order valence-electron chi connectivity index (χ4n) is 10.3. The summed E-state index contributed by atoms with van der Waals surface area (Å²) in [5, 5.41) is 15.0. The first-order valence-corrected chi connectivity index (χ1v) is 25.4. The lowest BCUT2D eigenvalue weighted by Gasteiger charge is -2.27. The van der Waals surface area contributed by atoms with Crippen LogP contribution in [0.5, 0.6) is 0 Å². The number of carbonyl (C=O) groups is 2. The molecule has 2 amide bonds. The van der Waals surface area contributed by atoms with Crippen molar-refractivity contribution < 1.29 is 19.1 Å². The van der Waals surface area contributed by atoms with Crippen LogP contribution in [0.15, 0.2) is 133 Å². The largest absolute Gasteiger partial charge is 0.445 e. The third-order valence-corrected chi connectivity index (χ3v) is 14.5. The zero-order valence-corrected chi connectivity index (χ0v) is 43.6. The number of carbonyl (C=O) groups excluding carboxylic acids is 2. The summed E-state index contributed by atoms with van der Waals surface area (Å²) in [5.41, 5.74) is 11.5. The van der Waals surface area contributed by atoms with Gasteiger partial charge in [0, 0.05) is 60.6 Å². The molecule has 2 saturated heterocycles. The van der Waals surface area contributed by atoms with E-state index in [1.54, 1.807) is 0 Å². The molecule has 0 radical (unpaired) electrons. The number of ether oxygens (including phenoxy) is 2. The van der Waals surface area contributed by atoms with E-state index in [0.29, 0.717) is 37.3 Å². The van der Waals surface area contributed by atoms with Crippen LogP contribution in [-0.4, -0.2) is 49.6 Å². The first-order chi connectivity index (χ1) is 33.0.